The van der Waals surface area contributed by atoms with Crippen LogP contribution in [0.1, 0.15) is 46.5 Å². The molecule has 2 aliphatic rings. The summed E-state index contributed by atoms with van der Waals surface area (Å²) in [6, 6.07) is 1.31. The van der Waals surface area contributed by atoms with Gasteiger partial charge in [-0.25, -0.2) is 4.79 Å². The molecule has 1 N–H and O–H groups in total. The lowest BCUT2D eigenvalue weighted by Crippen LogP contribution is -2.52. The van der Waals surface area contributed by atoms with Crippen molar-refractivity contribution >= 4 is 6.09 Å². The van der Waals surface area contributed by atoms with Crippen molar-refractivity contribution in [3.05, 3.63) is 0 Å². The number of carbonyl (C=O) groups is 1. The predicted molar refractivity (Wildman–Crippen MR) is 67.0 cm³/mol. The molecule has 2 saturated heterocycles. The summed E-state index contributed by atoms with van der Waals surface area (Å²) in [6.45, 7) is 5.77. The number of ether oxygens (including phenoxy) is 1. The zero-order valence-corrected chi connectivity index (χ0v) is 11.3. The SMILES string of the molecule is CN[C@H]1C[C@H]2CC[C@@H](C1)N2C(=O)OC(C)(C)C. The third-order valence-corrected chi connectivity index (χ3v) is 3.75. The van der Waals surface area contributed by atoms with E-state index in [0.717, 1.165) is 25.7 Å². The summed E-state index contributed by atoms with van der Waals surface area (Å²) in [7, 11) is 2.01. The minimum Gasteiger partial charge on any atom is -0.444 e. The molecule has 0 aromatic heterocycles. The molecule has 2 aliphatic heterocycles. The Bertz CT molecular complexity index is 284. The predicted octanol–water partition coefficient (Wildman–Crippen LogP) is 2.14. The van der Waals surface area contributed by atoms with Gasteiger partial charge in [-0.05, 0) is 53.5 Å². The van der Waals surface area contributed by atoms with Crippen molar-refractivity contribution in [3.63, 3.8) is 0 Å². The van der Waals surface area contributed by atoms with Crippen LogP contribution in [-0.2, 0) is 4.74 Å². The number of amides is 1. The third kappa shape index (κ3) is 2.73. The van der Waals surface area contributed by atoms with E-state index in [1.54, 1.807) is 0 Å². The van der Waals surface area contributed by atoms with E-state index in [1.807, 2.05) is 32.7 Å². The molecule has 0 aromatic carbocycles. The highest BCUT2D eigenvalue weighted by atomic mass is 16.6. The summed E-state index contributed by atoms with van der Waals surface area (Å²) in [6.07, 6.45) is 4.25. The molecule has 2 bridgehead atoms. The molecule has 0 unspecified atom stereocenters. The molecule has 0 radical (unpaired) electrons. The summed E-state index contributed by atoms with van der Waals surface area (Å²) in [5.41, 5.74) is -0.392. The fourth-order valence-corrected chi connectivity index (χ4v) is 3.03. The van der Waals surface area contributed by atoms with E-state index in [-0.39, 0.29) is 6.09 Å². The van der Waals surface area contributed by atoms with Crippen LogP contribution in [-0.4, -0.2) is 41.8 Å². The fraction of sp³-hybridized carbons (Fsp3) is 0.923. The monoisotopic (exact) mass is 240 g/mol. The van der Waals surface area contributed by atoms with Crippen LogP contribution < -0.4 is 5.32 Å². The van der Waals surface area contributed by atoms with Gasteiger partial charge >= 0.3 is 6.09 Å². The summed E-state index contributed by atoms with van der Waals surface area (Å²) < 4.78 is 5.49. The van der Waals surface area contributed by atoms with Crippen LogP contribution in [0, 0.1) is 0 Å². The summed E-state index contributed by atoms with van der Waals surface area (Å²) in [5, 5.41) is 3.33. The van der Waals surface area contributed by atoms with E-state index in [0.29, 0.717) is 18.1 Å². The molecule has 2 rings (SSSR count). The standard InChI is InChI=1S/C13H24N2O2/c1-13(2,3)17-12(16)15-10-5-6-11(15)8-9(7-10)14-4/h9-11,14H,5-8H2,1-4H3/t9-,10+,11-. The number of rotatable bonds is 1. The summed E-state index contributed by atoms with van der Waals surface area (Å²) >= 11 is 0. The number of hydrogen-bond donors (Lipinski definition) is 1. The lowest BCUT2D eigenvalue weighted by Gasteiger charge is -2.39. The van der Waals surface area contributed by atoms with Crippen LogP contribution in [0.4, 0.5) is 4.79 Å². The Morgan fingerprint density at radius 2 is 1.76 bits per heavy atom. The Kier molecular flexibility index (Phi) is 3.34. The van der Waals surface area contributed by atoms with Crippen molar-refractivity contribution in [1.29, 1.82) is 0 Å². The average molecular weight is 240 g/mol. The van der Waals surface area contributed by atoms with Crippen molar-refractivity contribution in [2.75, 3.05) is 7.05 Å². The Balaban J connectivity index is 2.01. The van der Waals surface area contributed by atoms with Crippen LogP contribution >= 0.6 is 0 Å². The first-order chi connectivity index (χ1) is 7.90. The van der Waals surface area contributed by atoms with Crippen molar-refractivity contribution in [2.24, 2.45) is 0 Å². The molecule has 4 heteroatoms. The molecule has 0 aromatic rings. The highest BCUT2D eigenvalue weighted by Gasteiger charge is 2.44. The molecule has 3 atom stereocenters. The van der Waals surface area contributed by atoms with Gasteiger partial charge in [-0.15, -0.1) is 0 Å². The van der Waals surface area contributed by atoms with Crippen LogP contribution in [0.2, 0.25) is 0 Å². The Hall–Kier alpha value is -0.770. The summed E-state index contributed by atoms with van der Waals surface area (Å²) in [5.74, 6) is 0. The van der Waals surface area contributed by atoms with Crippen LogP contribution in [0.3, 0.4) is 0 Å². The molecular formula is C13H24N2O2. The van der Waals surface area contributed by atoms with Gasteiger partial charge in [-0.2, -0.15) is 0 Å². The number of fused-ring (bicyclic) bond motifs is 2. The first-order valence-electron chi connectivity index (χ1n) is 6.59. The second-order valence-electron chi connectivity index (χ2n) is 6.23. The second kappa shape index (κ2) is 4.48. The Morgan fingerprint density at radius 3 is 2.18 bits per heavy atom. The van der Waals surface area contributed by atoms with E-state index in [9.17, 15) is 4.79 Å². The zero-order valence-electron chi connectivity index (χ0n) is 11.3. The molecule has 4 nitrogen and oxygen atoms in total. The minimum absolute atomic E-state index is 0.125. The van der Waals surface area contributed by atoms with Gasteiger partial charge < -0.3 is 15.0 Å². The van der Waals surface area contributed by atoms with E-state index in [2.05, 4.69) is 5.32 Å². The quantitative estimate of drug-likeness (QED) is 0.763. The maximum atomic E-state index is 12.2. The van der Waals surface area contributed by atoms with Gasteiger partial charge in [0.2, 0.25) is 0 Å². The highest BCUT2D eigenvalue weighted by Crippen LogP contribution is 2.36. The molecule has 98 valence electrons. The molecule has 0 aliphatic carbocycles. The van der Waals surface area contributed by atoms with Gasteiger partial charge in [0, 0.05) is 18.1 Å². The Morgan fingerprint density at radius 1 is 1.24 bits per heavy atom. The van der Waals surface area contributed by atoms with E-state index < -0.39 is 5.60 Å². The van der Waals surface area contributed by atoms with Crippen molar-refractivity contribution in [2.45, 2.75) is 70.2 Å². The van der Waals surface area contributed by atoms with Crippen LogP contribution in [0.5, 0.6) is 0 Å². The molecule has 2 fully saturated rings. The van der Waals surface area contributed by atoms with Gasteiger partial charge in [0.15, 0.2) is 0 Å². The van der Waals surface area contributed by atoms with Gasteiger partial charge in [-0.1, -0.05) is 0 Å². The first-order valence-corrected chi connectivity index (χ1v) is 6.59. The lowest BCUT2D eigenvalue weighted by atomic mass is 9.98. The van der Waals surface area contributed by atoms with Crippen molar-refractivity contribution < 1.29 is 9.53 Å². The lowest BCUT2D eigenvalue weighted by molar-refractivity contribution is 0.00503. The van der Waals surface area contributed by atoms with Crippen LogP contribution in [0.15, 0.2) is 0 Å². The molecule has 0 spiro atoms. The van der Waals surface area contributed by atoms with Gasteiger partial charge in [0.1, 0.15) is 5.60 Å². The molecule has 0 saturated carbocycles. The number of nitrogens with one attached hydrogen (secondary N) is 1. The maximum Gasteiger partial charge on any atom is 0.410 e. The van der Waals surface area contributed by atoms with Gasteiger partial charge in [-0.3, -0.25) is 0 Å². The first kappa shape index (κ1) is 12.7. The Labute approximate surface area is 104 Å². The van der Waals surface area contributed by atoms with E-state index >= 15 is 0 Å². The fourth-order valence-electron chi connectivity index (χ4n) is 3.03. The van der Waals surface area contributed by atoms with Crippen molar-refractivity contribution in [1.82, 2.24) is 10.2 Å². The van der Waals surface area contributed by atoms with E-state index in [4.69, 9.17) is 4.74 Å². The topological polar surface area (TPSA) is 41.6 Å². The van der Waals surface area contributed by atoms with Gasteiger partial charge in [0.05, 0.1) is 0 Å². The minimum atomic E-state index is -0.392. The largest absolute Gasteiger partial charge is 0.444 e. The molecule has 2 heterocycles. The molecule has 17 heavy (non-hydrogen) atoms. The maximum absolute atomic E-state index is 12.2. The number of nitrogens with zero attached hydrogens (tertiary/aromatic N) is 1. The van der Waals surface area contributed by atoms with Crippen LogP contribution in [0.25, 0.3) is 0 Å². The molecular weight excluding hydrogens is 216 g/mol. The van der Waals surface area contributed by atoms with E-state index in [1.165, 1.54) is 0 Å². The number of piperidine rings is 1. The average Bonchev–Trinajstić information content (AvgIpc) is 2.47. The number of hydrogen-bond acceptors (Lipinski definition) is 3. The highest BCUT2D eigenvalue weighted by molar-refractivity contribution is 5.69. The van der Waals surface area contributed by atoms with Gasteiger partial charge in [0.25, 0.3) is 0 Å². The normalized spacial score (nSPS) is 32.7. The third-order valence-electron chi connectivity index (χ3n) is 3.75. The zero-order chi connectivity index (χ0) is 12.6. The summed E-state index contributed by atoms with van der Waals surface area (Å²) in [4.78, 5) is 14.1. The number of carbonyl (C=O) groups excluding carboxylic acids is 1. The molecule has 1 amide bonds. The van der Waals surface area contributed by atoms with Crippen molar-refractivity contribution in [3.8, 4) is 0 Å². The smallest absolute Gasteiger partial charge is 0.410 e. The second-order valence-corrected chi connectivity index (χ2v) is 6.23.